The molecule has 1 atom stereocenters. The van der Waals surface area contributed by atoms with Gasteiger partial charge in [-0.25, -0.2) is 0 Å². The molecule has 0 spiro atoms. The maximum absolute atomic E-state index is 5.99. The van der Waals surface area contributed by atoms with Crippen LogP contribution in [0.1, 0.15) is 28.9 Å². The molecule has 0 saturated heterocycles. The molecule has 0 aliphatic rings. The molecule has 0 aliphatic carbocycles. The Labute approximate surface area is 112 Å². The molecule has 0 amide bonds. The number of furan rings is 2. The first-order valence-corrected chi connectivity index (χ1v) is 6.41. The van der Waals surface area contributed by atoms with Gasteiger partial charge in [0.05, 0.1) is 0 Å². The molecule has 0 bridgehead atoms. The van der Waals surface area contributed by atoms with E-state index in [0.29, 0.717) is 0 Å². The van der Waals surface area contributed by atoms with Crippen LogP contribution in [0.25, 0.3) is 11.0 Å². The van der Waals surface area contributed by atoms with Crippen LogP contribution in [0.3, 0.4) is 0 Å². The molecule has 3 rings (SSSR count). The maximum Gasteiger partial charge on any atom is 0.137 e. The van der Waals surface area contributed by atoms with Crippen molar-refractivity contribution in [2.75, 3.05) is 7.05 Å². The van der Waals surface area contributed by atoms with Crippen LogP contribution in [0.2, 0.25) is 0 Å². The Hall–Kier alpha value is -2.00. The normalized spacial score (nSPS) is 13.0. The predicted octanol–water partition coefficient (Wildman–Crippen LogP) is 3.95. The lowest BCUT2D eigenvalue weighted by Gasteiger charge is -2.10. The van der Waals surface area contributed by atoms with Crippen molar-refractivity contribution in [1.82, 2.24) is 5.32 Å². The summed E-state index contributed by atoms with van der Waals surface area (Å²) in [5.74, 6) is 2.65. The molecule has 3 nitrogen and oxygen atoms in total. The van der Waals surface area contributed by atoms with E-state index in [9.17, 15) is 0 Å². The van der Waals surface area contributed by atoms with Gasteiger partial charge in [0.25, 0.3) is 0 Å². The van der Waals surface area contributed by atoms with Gasteiger partial charge in [0.1, 0.15) is 28.9 Å². The zero-order valence-electron chi connectivity index (χ0n) is 11.4. The topological polar surface area (TPSA) is 38.3 Å². The second kappa shape index (κ2) is 4.59. The fraction of sp³-hybridized carbons (Fsp3) is 0.250. The van der Waals surface area contributed by atoms with Crippen molar-refractivity contribution >= 4 is 11.0 Å². The number of para-hydroxylation sites is 1. The van der Waals surface area contributed by atoms with Crippen molar-refractivity contribution in [3.8, 4) is 0 Å². The highest BCUT2D eigenvalue weighted by atomic mass is 16.4. The third-order valence-corrected chi connectivity index (χ3v) is 3.38. The van der Waals surface area contributed by atoms with Crippen molar-refractivity contribution < 1.29 is 8.83 Å². The van der Waals surface area contributed by atoms with E-state index in [2.05, 4.69) is 30.4 Å². The van der Waals surface area contributed by atoms with E-state index >= 15 is 0 Å². The van der Waals surface area contributed by atoms with Gasteiger partial charge in [0, 0.05) is 5.39 Å². The highest BCUT2D eigenvalue weighted by molar-refractivity contribution is 5.81. The number of nitrogens with one attached hydrogen (secondary N) is 1. The van der Waals surface area contributed by atoms with E-state index in [4.69, 9.17) is 8.83 Å². The van der Waals surface area contributed by atoms with E-state index in [1.54, 1.807) is 0 Å². The van der Waals surface area contributed by atoms with Gasteiger partial charge in [-0.05, 0) is 44.7 Å². The summed E-state index contributed by atoms with van der Waals surface area (Å²) < 4.78 is 11.7. The first-order chi connectivity index (χ1) is 9.19. The third-order valence-electron chi connectivity index (χ3n) is 3.38. The summed E-state index contributed by atoms with van der Waals surface area (Å²) in [4.78, 5) is 0. The van der Waals surface area contributed by atoms with Crippen LogP contribution in [0.4, 0.5) is 0 Å². The predicted molar refractivity (Wildman–Crippen MR) is 75.3 cm³/mol. The smallest absolute Gasteiger partial charge is 0.137 e. The van der Waals surface area contributed by atoms with Crippen molar-refractivity contribution in [1.29, 1.82) is 0 Å². The number of fused-ring (bicyclic) bond motifs is 1. The van der Waals surface area contributed by atoms with Gasteiger partial charge in [-0.1, -0.05) is 18.2 Å². The summed E-state index contributed by atoms with van der Waals surface area (Å²) in [6, 6.07) is 12.1. The molecular weight excluding hydrogens is 238 g/mol. The minimum Gasteiger partial charge on any atom is -0.464 e. The summed E-state index contributed by atoms with van der Waals surface area (Å²) in [5, 5.41) is 4.36. The van der Waals surface area contributed by atoms with Gasteiger partial charge in [-0.3, -0.25) is 0 Å². The molecule has 19 heavy (non-hydrogen) atoms. The third kappa shape index (κ3) is 2.06. The van der Waals surface area contributed by atoms with Gasteiger partial charge >= 0.3 is 0 Å². The molecule has 0 radical (unpaired) electrons. The van der Waals surface area contributed by atoms with Crippen LogP contribution in [-0.4, -0.2) is 7.05 Å². The van der Waals surface area contributed by atoms with Crippen molar-refractivity contribution in [2.45, 2.75) is 19.9 Å². The molecule has 98 valence electrons. The van der Waals surface area contributed by atoms with E-state index in [1.807, 2.05) is 32.2 Å². The Morgan fingerprint density at radius 3 is 2.47 bits per heavy atom. The first-order valence-electron chi connectivity index (χ1n) is 6.41. The largest absolute Gasteiger partial charge is 0.464 e. The highest BCUT2D eigenvalue weighted by Crippen LogP contribution is 2.30. The minimum absolute atomic E-state index is 0.0551. The lowest BCUT2D eigenvalue weighted by Crippen LogP contribution is -2.16. The quantitative estimate of drug-likeness (QED) is 0.770. The molecule has 2 heterocycles. The van der Waals surface area contributed by atoms with Gasteiger partial charge in [-0.2, -0.15) is 0 Å². The fourth-order valence-corrected chi connectivity index (χ4v) is 2.40. The average Bonchev–Trinajstić information content (AvgIpc) is 2.98. The first kappa shape index (κ1) is 12.1. The molecular formula is C16H17NO2. The summed E-state index contributed by atoms with van der Waals surface area (Å²) in [6.07, 6.45) is 0. The van der Waals surface area contributed by atoms with Crippen LogP contribution in [-0.2, 0) is 0 Å². The van der Waals surface area contributed by atoms with Gasteiger partial charge in [0.15, 0.2) is 0 Å². The van der Waals surface area contributed by atoms with E-state index < -0.39 is 0 Å². The van der Waals surface area contributed by atoms with Gasteiger partial charge in [-0.15, -0.1) is 0 Å². The van der Waals surface area contributed by atoms with Crippen molar-refractivity contribution in [3.05, 3.63) is 59.2 Å². The summed E-state index contributed by atoms with van der Waals surface area (Å²) in [5.41, 5.74) is 2.09. The molecule has 1 N–H and O–H groups in total. The molecule has 2 aromatic heterocycles. The number of hydrogen-bond acceptors (Lipinski definition) is 3. The number of aryl methyl sites for hydroxylation is 2. The standard InChI is InChI=1S/C16H17NO2/c1-10-5-4-6-12-9-14(19-16(10)12)15(17-3)13-8-7-11(2)18-13/h4-9,15,17H,1-3H3. The lowest BCUT2D eigenvalue weighted by atomic mass is 10.1. The highest BCUT2D eigenvalue weighted by Gasteiger charge is 2.20. The number of benzene rings is 1. The van der Waals surface area contributed by atoms with Crippen LogP contribution >= 0.6 is 0 Å². The van der Waals surface area contributed by atoms with E-state index in [-0.39, 0.29) is 6.04 Å². The van der Waals surface area contributed by atoms with Crippen LogP contribution in [0.5, 0.6) is 0 Å². The Morgan fingerprint density at radius 2 is 1.84 bits per heavy atom. The zero-order chi connectivity index (χ0) is 13.4. The Morgan fingerprint density at radius 1 is 1.00 bits per heavy atom. The minimum atomic E-state index is -0.0551. The maximum atomic E-state index is 5.99. The number of hydrogen-bond donors (Lipinski definition) is 1. The van der Waals surface area contributed by atoms with Crippen LogP contribution in [0.15, 0.2) is 45.2 Å². The van der Waals surface area contributed by atoms with E-state index in [0.717, 1.165) is 33.8 Å². The summed E-state index contributed by atoms with van der Waals surface area (Å²) >= 11 is 0. The van der Waals surface area contributed by atoms with Gasteiger partial charge < -0.3 is 14.2 Å². The van der Waals surface area contributed by atoms with Crippen molar-refractivity contribution in [3.63, 3.8) is 0 Å². The van der Waals surface area contributed by atoms with E-state index in [1.165, 1.54) is 0 Å². The molecule has 1 aromatic carbocycles. The Kier molecular flexibility index (Phi) is 2.91. The molecule has 0 fully saturated rings. The van der Waals surface area contributed by atoms with Gasteiger partial charge in [0.2, 0.25) is 0 Å². The van der Waals surface area contributed by atoms with Crippen LogP contribution in [0, 0.1) is 13.8 Å². The Bertz CT molecular complexity index is 708. The van der Waals surface area contributed by atoms with Crippen LogP contribution < -0.4 is 5.32 Å². The molecule has 0 saturated carbocycles. The second-order valence-electron chi connectivity index (χ2n) is 4.81. The van der Waals surface area contributed by atoms with Crippen molar-refractivity contribution in [2.24, 2.45) is 0 Å². The Balaban J connectivity index is 2.09. The second-order valence-corrected chi connectivity index (χ2v) is 4.81. The average molecular weight is 255 g/mol. The fourth-order valence-electron chi connectivity index (χ4n) is 2.40. The SMILES string of the molecule is CNC(c1ccc(C)o1)c1cc2cccc(C)c2o1. The molecule has 1 unspecified atom stereocenters. The monoisotopic (exact) mass is 255 g/mol. The number of rotatable bonds is 3. The lowest BCUT2D eigenvalue weighted by molar-refractivity contribution is 0.404. The summed E-state index contributed by atoms with van der Waals surface area (Å²) in [6.45, 7) is 4.00. The zero-order valence-corrected chi connectivity index (χ0v) is 11.4. The molecule has 0 aliphatic heterocycles. The molecule has 3 aromatic rings. The summed E-state index contributed by atoms with van der Waals surface area (Å²) in [7, 11) is 1.91. The molecule has 3 heteroatoms.